The second-order valence-corrected chi connectivity index (χ2v) is 7.43. The number of benzene rings is 1. The number of aromatic nitrogens is 4. The van der Waals surface area contributed by atoms with Gasteiger partial charge in [-0.25, -0.2) is 0 Å². The highest BCUT2D eigenvalue weighted by Gasteiger charge is 2.18. The van der Waals surface area contributed by atoms with E-state index in [1.807, 2.05) is 61.9 Å². The van der Waals surface area contributed by atoms with Crippen molar-refractivity contribution >= 4 is 17.5 Å². The molecule has 0 aliphatic heterocycles. The van der Waals surface area contributed by atoms with Gasteiger partial charge in [0, 0.05) is 36.1 Å². The van der Waals surface area contributed by atoms with Crippen molar-refractivity contribution in [3.05, 3.63) is 59.9 Å². The molecule has 0 saturated heterocycles. The van der Waals surface area contributed by atoms with Crippen LogP contribution in [0, 0.1) is 13.8 Å². The maximum absolute atomic E-state index is 12.7. The second-order valence-electron chi connectivity index (χ2n) is 6.49. The smallest absolute Gasteiger partial charge is 0.191 e. The molecule has 0 unspecified atom stereocenters. The van der Waals surface area contributed by atoms with Crippen LogP contribution >= 0.6 is 11.8 Å². The Morgan fingerprint density at radius 3 is 2.61 bits per heavy atom. The lowest BCUT2D eigenvalue weighted by Gasteiger charge is -2.06. The van der Waals surface area contributed by atoms with E-state index in [1.165, 1.54) is 11.8 Å². The highest BCUT2D eigenvalue weighted by atomic mass is 32.2. The van der Waals surface area contributed by atoms with E-state index in [2.05, 4.69) is 21.3 Å². The number of rotatable bonds is 8. The first-order valence-corrected chi connectivity index (χ1v) is 9.92. The van der Waals surface area contributed by atoms with Crippen LogP contribution in [-0.2, 0) is 13.6 Å². The van der Waals surface area contributed by atoms with Crippen molar-refractivity contribution in [1.29, 1.82) is 0 Å². The van der Waals surface area contributed by atoms with Crippen LogP contribution in [0.1, 0.15) is 21.7 Å². The number of ether oxygens (including phenoxy) is 1. The Labute approximate surface area is 169 Å². The summed E-state index contributed by atoms with van der Waals surface area (Å²) in [5, 5.41) is 9.23. The van der Waals surface area contributed by atoms with Gasteiger partial charge < -0.3 is 13.9 Å². The van der Waals surface area contributed by atoms with E-state index in [0.29, 0.717) is 17.5 Å². The van der Waals surface area contributed by atoms with Crippen LogP contribution in [0.25, 0.3) is 11.4 Å². The lowest BCUT2D eigenvalue weighted by molar-refractivity contribution is 0.102. The molecule has 2 aromatic heterocycles. The first-order valence-electron chi connectivity index (χ1n) is 8.93. The maximum Gasteiger partial charge on any atom is 0.191 e. The van der Waals surface area contributed by atoms with Crippen molar-refractivity contribution in [3.63, 3.8) is 0 Å². The number of carbonyl (C=O) groups is 1. The molecule has 2 heterocycles. The zero-order chi connectivity index (χ0) is 20.3. The summed E-state index contributed by atoms with van der Waals surface area (Å²) in [5.74, 6) is 1.94. The van der Waals surface area contributed by atoms with Crippen LogP contribution < -0.4 is 4.74 Å². The zero-order valence-corrected chi connectivity index (χ0v) is 17.4. The monoisotopic (exact) mass is 396 g/mol. The van der Waals surface area contributed by atoms with Crippen LogP contribution in [-0.4, -0.2) is 38.0 Å². The van der Waals surface area contributed by atoms with Gasteiger partial charge in [-0.3, -0.25) is 4.79 Å². The Hall–Kier alpha value is -2.80. The third-order valence-electron chi connectivity index (χ3n) is 4.70. The van der Waals surface area contributed by atoms with Crippen LogP contribution in [0.4, 0.5) is 0 Å². The fourth-order valence-electron chi connectivity index (χ4n) is 3.13. The Bertz CT molecular complexity index is 1000. The minimum atomic E-state index is 0.0856. The van der Waals surface area contributed by atoms with Crippen LogP contribution in [0.5, 0.6) is 5.75 Å². The molecule has 3 rings (SSSR count). The lowest BCUT2D eigenvalue weighted by Crippen LogP contribution is -2.07. The number of hydrogen-bond donors (Lipinski definition) is 0. The topological polar surface area (TPSA) is 61.9 Å². The molecule has 0 atom stereocenters. The van der Waals surface area contributed by atoms with Gasteiger partial charge in [0.2, 0.25) is 0 Å². The van der Waals surface area contributed by atoms with Crippen molar-refractivity contribution < 1.29 is 9.53 Å². The van der Waals surface area contributed by atoms with Gasteiger partial charge in [-0.05, 0) is 44.2 Å². The first-order chi connectivity index (χ1) is 13.5. The van der Waals surface area contributed by atoms with Gasteiger partial charge in [0.05, 0.1) is 12.9 Å². The molecule has 6 nitrogen and oxygen atoms in total. The molecule has 3 aromatic rings. The molecule has 0 N–H and O–H groups in total. The van der Waals surface area contributed by atoms with Gasteiger partial charge >= 0.3 is 0 Å². The van der Waals surface area contributed by atoms with Crippen molar-refractivity contribution in [3.8, 4) is 17.1 Å². The van der Waals surface area contributed by atoms with E-state index in [4.69, 9.17) is 4.74 Å². The van der Waals surface area contributed by atoms with E-state index in [1.54, 1.807) is 7.11 Å². The number of carbonyl (C=O) groups excluding carboxylic acids is 1. The summed E-state index contributed by atoms with van der Waals surface area (Å²) in [7, 11) is 3.54. The second kappa shape index (κ2) is 8.48. The van der Waals surface area contributed by atoms with Gasteiger partial charge in [-0.2, -0.15) is 0 Å². The Kier molecular flexibility index (Phi) is 6.04. The Balaban J connectivity index is 1.73. The van der Waals surface area contributed by atoms with E-state index in [9.17, 15) is 4.79 Å². The number of aryl methyl sites for hydroxylation is 1. The van der Waals surface area contributed by atoms with Gasteiger partial charge in [-0.15, -0.1) is 16.8 Å². The van der Waals surface area contributed by atoms with Gasteiger partial charge in [0.1, 0.15) is 5.75 Å². The van der Waals surface area contributed by atoms with E-state index in [0.717, 1.165) is 34.1 Å². The summed E-state index contributed by atoms with van der Waals surface area (Å²) in [4.78, 5) is 12.7. The summed E-state index contributed by atoms with van der Waals surface area (Å²) in [6, 6.07) is 9.60. The SMILES string of the molecule is C=CCn1c(C)cc(C(=O)CSc2nnc(-c3ccc(OC)cc3)n2C)c1C. The minimum absolute atomic E-state index is 0.0856. The molecule has 0 bridgehead atoms. The molecule has 0 spiro atoms. The van der Waals surface area contributed by atoms with Crippen LogP contribution in [0.2, 0.25) is 0 Å². The fourth-order valence-corrected chi connectivity index (χ4v) is 3.93. The first kappa shape index (κ1) is 19.9. The summed E-state index contributed by atoms with van der Waals surface area (Å²) in [6.07, 6.45) is 1.84. The number of thioether (sulfide) groups is 1. The van der Waals surface area contributed by atoms with E-state index >= 15 is 0 Å². The van der Waals surface area contributed by atoms with Crippen molar-refractivity contribution in [1.82, 2.24) is 19.3 Å². The predicted molar refractivity (Wildman–Crippen MR) is 112 cm³/mol. The predicted octanol–water partition coefficient (Wildman–Crippen LogP) is 4.07. The standard InChI is InChI=1S/C21H24N4O2S/c1-6-11-25-14(2)12-18(15(25)3)19(26)13-28-21-23-22-20(24(21)4)16-7-9-17(27-5)10-8-16/h6-10,12H,1,11,13H2,2-5H3. The number of ketones is 1. The molecule has 0 amide bonds. The number of allylic oxidation sites excluding steroid dienone is 1. The largest absolute Gasteiger partial charge is 0.497 e. The maximum atomic E-state index is 12.7. The number of nitrogens with zero attached hydrogens (tertiary/aromatic N) is 4. The number of hydrogen-bond acceptors (Lipinski definition) is 5. The molecule has 7 heteroatoms. The molecule has 0 fully saturated rings. The molecule has 1 aromatic carbocycles. The minimum Gasteiger partial charge on any atom is -0.497 e. The number of methoxy groups -OCH3 is 1. The Morgan fingerprint density at radius 1 is 1.25 bits per heavy atom. The molecule has 146 valence electrons. The van der Waals surface area contributed by atoms with Crippen molar-refractivity contribution in [2.24, 2.45) is 7.05 Å². The average molecular weight is 397 g/mol. The molecule has 0 radical (unpaired) electrons. The average Bonchev–Trinajstić information content (AvgIpc) is 3.21. The van der Waals surface area contributed by atoms with Gasteiger partial charge in [-0.1, -0.05) is 17.8 Å². The highest BCUT2D eigenvalue weighted by molar-refractivity contribution is 7.99. The summed E-state index contributed by atoms with van der Waals surface area (Å²) < 4.78 is 9.19. The van der Waals surface area contributed by atoms with Crippen molar-refractivity contribution in [2.75, 3.05) is 12.9 Å². The van der Waals surface area contributed by atoms with Crippen LogP contribution in [0.3, 0.4) is 0 Å². The summed E-state index contributed by atoms with van der Waals surface area (Å²) in [5.41, 5.74) is 3.73. The normalized spacial score (nSPS) is 10.9. The van der Waals surface area contributed by atoms with Gasteiger partial charge in [0.15, 0.2) is 16.8 Å². The molecule has 0 saturated carbocycles. The molecular weight excluding hydrogens is 372 g/mol. The molecular formula is C21H24N4O2S. The third-order valence-corrected chi connectivity index (χ3v) is 5.72. The van der Waals surface area contributed by atoms with Crippen molar-refractivity contribution in [2.45, 2.75) is 25.5 Å². The van der Waals surface area contributed by atoms with E-state index < -0.39 is 0 Å². The molecule has 0 aliphatic rings. The van der Waals surface area contributed by atoms with Crippen LogP contribution in [0.15, 0.2) is 48.1 Å². The quantitative estimate of drug-likeness (QED) is 0.326. The molecule has 0 aliphatic carbocycles. The van der Waals surface area contributed by atoms with Gasteiger partial charge in [0.25, 0.3) is 0 Å². The fraction of sp³-hybridized carbons (Fsp3) is 0.286. The zero-order valence-electron chi connectivity index (χ0n) is 16.6. The number of Topliss-reactive ketones (excluding diaryl/α,β-unsaturated/α-hetero) is 1. The third kappa shape index (κ3) is 3.89. The Morgan fingerprint density at radius 2 is 1.96 bits per heavy atom. The lowest BCUT2D eigenvalue weighted by atomic mass is 10.2. The summed E-state index contributed by atoms with van der Waals surface area (Å²) >= 11 is 1.40. The summed E-state index contributed by atoms with van der Waals surface area (Å²) in [6.45, 7) is 8.46. The molecule has 28 heavy (non-hydrogen) atoms. The highest BCUT2D eigenvalue weighted by Crippen LogP contribution is 2.25. The van der Waals surface area contributed by atoms with E-state index in [-0.39, 0.29) is 5.78 Å².